The molecule has 2 aromatic carbocycles. The lowest BCUT2D eigenvalue weighted by atomic mass is 10.2. The van der Waals surface area contributed by atoms with Crippen molar-refractivity contribution in [3.05, 3.63) is 70.4 Å². The molecule has 1 aliphatic rings. The molecule has 1 fully saturated rings. The van der Waals surface area contributed by atoms with Gasteiger partial charge in [-0.25, -0.2) is 9.37 Å². The Labute approximate surface area is 174 Å². The first-order valence-corrected chi connectivity index (χ1v) is 10.6. The Kier molecular flexibility index (Phi) is 6.27. The molecule has 0 atom stereocenters. The summed E-state index contributed by atoms with van der Waals surface area (Å²) in [5.74, 6) is 1.29. The fourth-order valence-corrected chi connectivity index (χ4v) is 4.18. The van der Waals surface area contributed by atoms with Crippen LogP contribution >= 0.6 is 11.3 Å². The average Bonchev–Trinajstić information content (AvgIpc) is 3.21. The second kappa shape index (κ2) is 9.24. The number of nitrogens with one attached hydrogen (secondary N) is 1. The Morgan fingerprint density at radius 2 is 1.72 bits per heavy atom. The molecule has 0 spiro atoms. The molecule has 0 aliphatic carbocycles. The highest BCUT2D eigenvalue weighted by atomic mass is 32.1. The SMILES string of the molecule is COc1ccc(N2CC[NH+](Cc3csc(COc4ccc(F)cc4)n3)CC2)cc1. The van der Waals surface area contributed by atoms with Crippen LogP contribution in [0, 0.1) is 5.82 Å². The molecule has 3 aromatic rings. The van der Waals surface area contributed by atoms with Crippen molar-refractivity contribution in [3.8, 4) is 11.5 Å². The predicted molar refractivity (Wildman–Crippen MR) is 112 cm³/mol. The Morgan fingerprint density at radius 3 is 2.41 bits per heavy atom. The Hall–Kier alpha value is -2.64. The number of halogens is 1. The van der Waals surface area contributed by atoms with Gasteiger partial charge in [0.25, 0.3) is 0 Å². The molecule has 1 aromatic heterocycles. The normalized spacial score (nSPS) is 14.8. The van der Waals surface area contributed by atoms with Crippen molar-refractivity contribution >= 4 is 17.0 Å². The van der Waals surface area contributed by atoms with Crippen molar-refractivity contribution in [1.29, 1.82) is 0 Å². The van der Waals surface area contributed by atoms with E-state index in [-0.39, 0.29) is 5.82 Å². The molecule has 0 unspecified atom stereocenters. The minimum atomic E-state index is -0.260. The number of piperazine rings is 1. The van der Waals surface area contributed by atoms with Crippen LogP contribution in [-0.2, 0) is 13.2 Å². The Bertz CT molecular complexity index is 907. The lowest BCUT2D eigenvalue weighted by Gasteiger charge is -2.33. The maximum atomic E-state index is 13.0. The number of methoxy groups -OCH3 is 1. The summed E-state index contributed by atoms with van der Waals surface area (Å²) in [5, 5.41) is 3.06. The quantitative estimate of drug-likeness (QED) is 0.645. The maximum absolute atomic E-state index is 13.0. The third-order valence-electron chi connectivity index (χ3n) is 5.11. The van der Waals surface area contributed by atoms with Crippen LogP contribution in [-0.4, -0.2) is 38.3 Å². The first-order valence-electron chi connectivity index (χ1n) is 9.74. The number of quaternary nitrogens is 1. The zero-order valence-electron chi connectivity index (χ0n) is 16.4. The van der Waals surface area contributed by atoms with Gasteiger partial charge in [0, 0.05) is 11.1 Å². The van der Waals surface area contributed by atoms with E-state index < -0.39 is 0 Å². The van der Waals surface area contributed by atoms with Gasteiger partial charge in [0.2, 0.25) is 0 Å². The summed E-state index contributed by atoms with van der Waals surface area (Å²) >= 11 is 1.62. The number of ether oxygens (including phenoxy) is 2. The third-order valence-corrected chi connectivity index (χ3v) is 5.99. The fraction of sp³-hybridized carbons (Fsp3) is 0.318. The summed E-state index contributed by atoms with van der Waals surface area (Å²) in [5.41, 5.74) is 2.36. The third kappa shape index (κ3) is 5.25. The standard InChI is InChI=1S/C22H24FN3O2S/c1-27-20-8-4-19(5-9-20)26-12-10-25(11-13-26)14-18-16-29-22(24-18)15-28-21-6-2-17(23)3-7-21/h2-9,16H,10-15H2,1H3/p+1. The molecule has 1 aliphatic heterocycles. The van der Waals surface area contributed by atoms with Gasteiger partial charge < -0.3 is 19.3 Å². The van der Waals surface area contributed by atoms with Crippen LogP contribution in [0.4, 0.5) is 10.1 Å². The van der Waals surface area contributed by atoms with Gasteiger partial charge in [-0.3, -0.25) is 0 Å². The minimum absolute atomic E-state index is 0.260. The molecule has 0 bridgehead atoms. The number of thiazole rings is 1. The molecule has 29 heavy (non-hydrogen) atoms. The molecule has 1 N–H and O–H groups in total. The van der Waals surface area contributed by atoms with Gasteiger partial charge in [-0.05, 0) is 48.5 Å². The van der Waals surface area contributed by atoms with Gasteiger partial charge in [-0.2, -0.15) is 0 Å². The van der Waals surface area contributed by atoms with Crippen molar-refractivity contribution in [1.82, 2.24) is 4.98 Å². The number of hydrogen-bond donors (Lipinski definition) is 1. The van der Waals surface area contributed by atoms with Crippen LogP contribution < -0.4 is 19.3 Å². The van der Waals surface area contributed by atoms with Crippen molar-refractivity contribution in [2.24, 2.45) is 0 Å². The number of hydrogen-bond acceptors (Lipinski definition) is 5. The Balaban J connectivity index is 1.24. The van der Waals surface area contributed by atoms with Gasteiger partial charge in [0.05, 0.1) is 33.3 Å². The topological polar surface area (TPSA) is 39.0 Å². The molecule has 4 rings (SSSR count). The van der Waals surface area contributed by atoms with Crippen LogP contribution in [0.5, 0.6) is 11.5 Å². The van der Waals surface area contributed by atoms with E-state index in [0.717, 1.165) is 49.2 Å². The molecule has 5 nitrogen and oxygen atoms in total. The van der Waals surface area contributed by atoms with E-state index in [4.69, 9.17) is 14.5 Å². The number of nitrogens with zero attached hydrogens (tertiary/aromatic N) is 2. The zero-order chi connectivity index (χ0) is 20.1. The van der Waals surface area contributed by atoms with Crippen LogP contribution in [0.15, 0.2) is 53.9 Å². The van der Waals surface area contributed by atoms with Crippen LogP contribution in [0.25, 0.3) is 0 Å². The van der Waals surface area contributed by atoms with E-state index in [0.29, 0.717) is 12.4 Å². The van der Waals surface area contributed by atoms with E-state index in [2.05, 4.69) is 22.4 Å². The molecule has 152 valence electrons. The first-order chi connectivity index (χ1) is 14.2. The summed E-state index contributed by atoms with van der Waals surface area (Å²) in [7, 11) is 1.69. The second-order valence-corrected chi connectivity index (χ2v) is 8.03. The van der Waals surface area contributed by atoms with Gasteiger partial charge in [-0.15, -0.1) is 11.3 Å². The lowest BCUT2D eigenvalue weighted by Crippen LogP contribution is -3.13. The van der Waals surface area contributed by atoms with Crippen molar-refractivity contribution in [2.45, 2.75) is 13.2 Å². The summed E-state index contributed by atoms with van der Waals surface area (Å²) in [4.78, 5) is 8.67. The summed E-state index contributed by atoms with van der Waals surface area (Å²) in [6, 6.07) is 14.3. The average molecular weight is 415 g/mol. The molecule has 0 radical (unpaired) electrons. The fourth-order valence-electron chi connectivity index (χ4n) is 3.48. The number of benzene rings is 2. The lowest BCUT2D eigenvalue weighted by molar-refractivity contribution is -0.914. The zero-order valence-corrected chi connectivity index (χ0v) is 17.3. The van der Waals surface area contributed by atoms with Crippen molar-refractivity contribution in [3.63, 3.8) is 0 Å². The van der Waals surface area contributed by atoms with E-state index >= 15 is 0 Å². The van der Waals surface area contributed by atoms with E-state index in [1.54, 1.807) is 35.5 Å². The number of rotatable bonds is 7. The van der Waals surface area contributed by atoms with Gasteiger partial charge in [0.15, 0.2) is 0 Å². The first kappa shape index (κ1) is 19.7. The number of aromatic nitrogens is 1. The van der Waals surface area contributed by atoms with Gasteiger partial charge in [0.1, 0.15) is 41.2 Å². The summed E-state index contributed by atoms with van der Waals surface area (Å²) in [6.45, 7) is 5.59. The van der Waals surface area contributed by atoms with E-state index in [9.17, 15) is 4.39 Å². The molecular formula is C22H25FN3O2S+. The smallest absolute Gasteiger partial charge is 0.140 e. The number of anilines is 1. The molecule has 7 heteroatoms. The molecule has 2 heterocycles. The van der Waals surface area contributed by atoms with E-state index in [1.807, 2.05) is 12.1 Å². The largest absolute Gasteiger partial charge is 0.497 e. The Morgan fingerprint density at radius 1 is 1.03 bits per heavy atom. The molecule has 0 amide bonds. The molecule has 0 saturated carbocycles. The van der Waals surface area contributed by atoms with Crippen molar-refractivity contribution in [2.75, 3.05) is 38.2 Å². The monoisotopic (exact) mass is 414 g/mol. The highest BCUT2D eigenvalue weighted by molar-refractivity contribution is 7.09. The van der Waals surface area contributed by atoms with Crippen LogP contribution in [0.3, 0.4) is 0 Å². The molecule has 1 saturated heterocycles. The summed E-state index contributed by atoms with van der Waals surface area (Å²) < 4.78 is 23.9. The van der Waals surface area contributed by atoms with Crippen LogP contribution in [0.1, 0.15) is 10.7 Å². The highest BCUT2D eigenvalue weighted by Crippen LogP contribution is 2.19. The van der Waals surface area contributed by atoms with E-state index in [1.165, 1.54) is 17.8 Å². The summed E-state index contributed by atoms with van der Waals surface area (Å²) in [6.07, 6.45) is 0. The highest BCUT2D eigenvalue weighted by Gasteiger charge is 2.21. The minimum Gasteiger partial charge on any atom is -0.497 e. The molecular weight excluding hydrogens is 389 g/mol. The predicted octanol–water partition coefficient (Wildman–Crippen LogP) is 2.77. The van der Waals surface area contributed by atoms with Crippen molar-refractivity contribution < 1.29 is 18.8 Å². The maximum Gasteiger partial charge on any atom is 0.140 e. The van der Waals surface area contributed by atoms with Gasteiger partial charge >= 0.3 is 0 Å². The second-order valence-electron chi connectivity index (χ2n) is 7.09. The van der Waals surface area contributed by atoms with Crippen LogP contribution in [0.2, 0.25) is 0 Å². The van der Waals surface area contributed by atoms with Gasteiger partial charge in [-0.1, -0.05) is 0 Å².